The van der Waals surface area contributed by atoms with Crippen LogP contribution in [0.2, 0.25) is 0 Å². The monoisotopic (exact) mass is 421 g/mol. The van der Waals surface area contributed by atoms with Gasteiger partial charge in [0.25, 0.3) is 5.91 Å². The number of amides is 1. The molecule has 146 valence electrons. The number of carbonyl (C=O) groups is 1. The zero-order valence-electron chi connectivity index (χ0n) is 15.4. The maximum Gasteiger partial charge on any atom is 0.251 e. The lowest BCUT2D eigenvalue weighted by molar-refractivity contribution is 0.0951. The van der Waals surface area contributed by atoms with Crippen molar-refractivity contribution in [2.24, 2.45) is 0 Å². The van der Waals surface area contributed by atoms with Crippen LogP contribution in [0.1, 0.15) is 31.8 Å². The summed E-state index contributed by atoms with van der Waals surface area (Å²) in [5, 5.41) is 17.2. The van der Waals surface area contributed by atoms with Gasteiger partial charge in [0.1, 0.15) is 17.6 Å². The third-order valence-corrected chi connectivity index (χ3v) is 6.17. The lowest BCUT2D eigenvalue weighted by Crippen LogP contribution is -2.22. The summed E-state index contributed by atoms with van der Waals surface area (Å²) in [6.45, 7) is 0.419. The average Bonchev–Trinajstić information content (AvgIpc) is 3.45. The van der Waals surface area contributed by atoms with Gasteiger partial charge in [0.15, 0.2) is 0 Å². The Bertz CT molecular complexity index is 1060. The zero-order valence-corrected chi connectivity index (χ0v) is 17.1. The van der Waals surface area contributed by atoms with Crippen LogP contribution in [-0.2, 0) is 6.54 Å². The van der Waals surface area contributed by atoms with Gasteiger partial charge in [-0.15, -0.1) is 11.3 Å². The molecule has 2 aromatic heterocycles. The molecule has 0 aliphatic carbocycles. The maximum absolute atomic E-state index is 12.4. The van der Waals surface area contributed by atoms with E-state index >= 15 is 0 Å². The molecule has 0 saturated heterocycles. The number of benzene rings is 2. The van der Waals surface area contributed by atoms with Gasteiger partial charge in [-0.1, -0.05) is 18.2 Å². The molecule has 0 aliphatic rings. The molecule has 4 aromatic rings. The number of carbonyl (C=O) groups excluding carboxylic acids is 1. The van der Waals surface area contributed by atoms with E-state index in [9.17, 15) is 9.90 Å². The van der Waals surface area contributed by atoms with Crippen molar-refractivity contribution in [3.63, 3.8) is 0 Å². The highest BCUT2D eigenvalue weighted by atomic mass is 32.1. The second-order valence-corrected chi connectivity index (χ2v) is 8.37. The van der Waals surface area contributed by atoms with Crippen LogP contribution in [0.4, 0.5) is 0 Å². The Morgan fingerprint density at radius 3 is 2.45 bits per heavy atom. The SMILES string of the molecule is O=C(NCc1ccc(C(O)c2ccsc2)s1)c1ccc(Oc2ccccc2)cc1. The fraction of sp³-hybridized carbons (Fsp3) is 0.0870. The van der Waals surface area contributed by atoms with E-state index in [1.54, 1.807) is 35.6 Å². The molecule has 4 rings (SSSR count). The quantitative estimate of drug-likeness (QED) is 0.408. The predicted octanol–water partition coefficient (Wildman–Crippen LogP) is 5.61. The van der Waals surface area contributed by atoms with Crippen LogP contribution in [0.15, 0.2) is 83.6 Å². The third kappa shape index (κ3) is 4.92. The van der Waals surface area contributed by atoms with Crippen molar-refractivity contribution in [1.82, 2.24) is 5.32 Å². The highest BCUT2D eigenvalue weighted by molar-refractivity contribution is 7.12. The van der Waals surface area contributed by atoms with Gasteiger partial charge in [-0.2, -0.15) is 11.3 Å². The summed E-state index contributed by atoms with van der Waals surface area (Å²) in [7, 11) is 0. The number of aliphatic hydroxyl groups excluding tert-OH is 1. The first-order valence-corrected chi connectivity index (χ1v) is 10.8. The molecule has 1 atom stereocenters. The minimum absolute atomic E-state index is 0.149. The van der Waals surface area contributed by atoms with Crippen LogP contribution in [0.5, 0.6) is 11.5 Å². The van der Waals surface area contributed by atoms with Crippen molar-refractivity contribution in [3.05, 3.63) is 104 Å². The highest BCUT2D eigenvalue weighted by Gasteiger charge is 2.14. The molecular weight excluding hydrogens is 402 g/mol. The van der Waals surface area contributed by atoms with E-state index in [2.05, 4.69) is 5.32 Å². The predicted molar refractivity (Wildman–Crippen MR) is 117 cm³/mol. The number of thiophene rings is 2. The Morgan fingerprint density at radius 2 is 1.72 bits per heavy atom. The lowest BCUT2D eigenvalue weighted by atomic mass is 10.2. The first-order chi connectivity index (χ1) is 14.2. The van der Waals surface area contributed by atoms with E-state index in [4.69, 9.17) is 4.74 Å². The van der Waals surface area contributed by atoms with E-state index < -0.39 is 6.10 Å². The Kier molecular flexibility index (Phi) is 6.05. The van der Waals surface area contributed by atoms with Crippen LogP contribution in [0.25, 0.3) is 0 Å². The first kappa shape index (κ1) is 19.4. The van der Waals surface area contributed by atoms with Gasteiger partial charge in [-0.05, 0) is 70.9 Å². The normalized spacial score (nSPS) is 11.8. The molecular formula is C23H19NO3S2. The van der Waals surface area contributed by atoms with Gasteiger partial charge in [-0.3, -0.25) is 4.79 Å². The largest absolute Gasteiger partial charge is 0.457 e. The van der Waals surface area contributed by atoms with Crippen molar-refractivity contribution in [2.75, 3.05) is 0 Å². The Morgan fingerprint density at radius 1 is 0.966 bits per heavy atom. The molecule has 0 radical (unpaired) electrons. The van der Waals surface area contributed by atoms with E-state index in [1.165, 1.54) is 11.3 Å². The van der Waals surface area contributed by atoms with Crippen LogP contribution < -0.4 is 10.1 Å². The van der Waals surface area contributed by atoms with Crippen molar-refractivity contribution in [2.45, 2.75) is 12.6 Å². The maximum atomic E-state index is 12.4. The second kappa shape index (κ2) is 9.05. The standard InChI is InChI=1S/C23H19NO3S2/c25-22(17-12-13-28-15-17)21-11-10-20(29-21)14-24-23(26)16-6-8-19(9-7-16)27-18-4-2-1-3-5-18/h1-13,15,22,25H,14H2,(H,24,26). The number of nitrogens with one attached hydrogen (secondary N) is 1. The van der Waals surface area contributed by atoms with Gasteiger partial charge in [0.05, 0.1) is 6.54 Å². The number of rotatable bonds is 7. The van der Waals surface area contributed by atoms with Gasteiger partial charge in [-0.25, -0.2) is 0 Å². The zero-order chi connectivity index (χ0) is 20.1. The molecule has 1 amide bonds. The summed E-state index contributed by atoms with van der Waals surface area (Å²) in [5.74, 6) is 1.28. The summed E-state index contributed by atoms with van der Waals surface area (Å²) < 4.78 is 5.75. The summed E-state index contributed by atoms with van der Waals surface area (Å²) >= 11 is 3.06. The van der Waals surface area contributed by atoms with Crippen LogP contribution in [0.3, 0.4) is 0 Å². The Balaban J connectivity index is 1.33. The number of hydrogen-bond acceptors (Lipinski definition) is 5. The van der Waals surface area contributed by atoms with Crippen molar-refractivity contribution < 1.29 is 14.6 Å². The summed E-state index contributed by atoms with van der Waals surface area (Å²) in [4.78, 5) is 14.3. The molecule has 4 nitrogen and oxygen atoms in total. The van der Waals surface area contributed by atoms with Gasteiger partial charge in [0.2, 0.25) is 0 Å². The van der Waals surface area contributed by atoms with Crippen LogP contribution >= 0.6 is 22.7 Å². The third-order valence-electron chi connectivity index (χ3n) is 4.33. The summed E-state index contributed by atoms with van der Waals surface area (Å²) in [6.07, 6.45) is -0.618. The molecule has 2 N–H and O–H groups in total. The minimum atomic E-state index is -0.618. The smallest absolute Gasteiger partial charge is 0.251 e. The topological polar surface area (TPSA) is 58.6 Å². The van der Waals surface area contributed by atoms with E-state index in [-0.39, 0.29) is 5.91 Å². The Labute approximate surface area is 177 Å². The average molecular weight is 422 g/mol. The fourth-order valence-corrected chi connectivity index (χ4v) is 4.45. The molecule has 1 unspecified atom stereocenters. The van der Waals surface area contributed by atoms with Gasteiger partial charge < -0.3 is 15.2 Å². The molecule has 29 heavy (non-hydrogen) atoms. The minimum Gasteiger partial charge on any atom is -0.457 e. The molecule has 0 fully saturated rings. The molecule has 2 aromatic carbocycles. The first-order valence-electron chi connectivity index (χ1n) is 9.09. The van der Waals surface area contributed by atoms with E-state index in [0.717, 1.165) is 21.1 Å². The lowest BCUT2D eigenvalue weighted by Gasteiger charge is -2.07. The summed E-state index contributed by atoms with van der Waals surface area (Å²) in [5.41, 5.74) is 1.46. The number of ether oxygens (including phenoxy) is 1. The van der Waals surface area contributed by atoms with Crippen LogP contribution in [0, 0.1) is 0 Å². The highest BCUT2D eigenvalue weighted by Crippen LogP contribution is 2.29. The van der Waals surface area contributed by atoms with Gasteiger partial charge >= 0.3 is 0 Å². The van der Waals surface area contributed by atoms with Crippen molar-refractivity contribution >= 4 is 28.6 Å². The molecule has 0 spiro atoms. The molecule has 0 bridgehead atoms. The number of aliphatic hydroxyl groups is 1. The Hall–Kier alpha value is -2.93. The number of hydrogen-bond donors (Lipinski definition) is 2. The molecule has 0 aliphatic heterocycles. The van der Waals surface area contributed by atoms with Crippen molar-refractivity contribution in [3.8, 4) is 11.5 Å². The molecule has 0 saturated carbocycles. The number of para-hydroxylation sites is 1. The van der Waals surface area contributed by atoms with Crippen LogP contribution in [-0.4, -0.2) is 11.0 Å². The van der Waals surface area contributed by atoms with Gasteiger partial charge in [0, 0.05) is 15.3 Å². The molecule has 6 heteroatoms. The van der Waals surface area contributed by atoms with E-state index in [0.29, 0.717) is 17.9 Å². The van der Waals surface area contributed by atoms with Crippen molar-refractivity contribution in [1.29, 1.82) is 0 Å². The fourth-order valence-electron chi connectivity index (χ4n) is 2.80. The van der Waals surface area contributed by atoms with E-state index in [1.807, 2.05) is 59.3 Å². The second-order valence-electron chi connectivity index (χ2n) is 6.39. The summed E-state index contributed by atoms with van der Waals surface area (Å²) in [6, 6.07) is 22.3. The molecule has 2 heterocycles.